The highest BCUT2D eigenvalue weighted by molar-refractivity contribution is 6.10. The average Bonchev–Trinajstić information content (AvgIpc) is 3.30. The van der Waals surface area contributed by atoms with Crippen molar-refractivity contribution in [3.63, 3.8) is 0 Å². The molecule has 148 valence electrons. The van der Waals surface area contributed by atoms with E-state index in [2.05, 4.69) is 5.32 Å². The van der Waals surface area contributed by atoms with Gasteiger partial charge in [0.25, 0.3) is 5.91 Å². The van der Waals surface area contributed by atoms with E-state index >= 15 is 0 Å². The minimum Gasteiger partial charge on any atom is -0.363 e. The van der Waals surface area contributed by atoms with E-state index < -0.39 is 29.1 Å². The number of hydrogen-bond donors (Lipinski definition) is 2. The van der Waals surface area contributed by atoms with Crippen LogP contribution in [0.2, 0.25) is 0 Å². The van der Waals surface area contributed by atoms with E-state index in [9.17, 15) is 19.5 Å². The molecule has 4 aliphatic heterocycles. The van der Waals surface area contributed by atoms with Gasteiger partial charge in [0.05, 0.1) is 6.04 Å². The highest BCUT2D eigenvalue weighted by Crippen LogP contribution is 2.56. The number of benzene rings is 1. The maximum atomic E-state index is 13.4. The molecule has 0 aromatic heterocycles. The first-order valence-corrected chi connectivity index (χ1v) is 10.1. The van der Waals surface area contributed by atoms with E-state index in [4.69, 9.17) is 0 Å². The number of fused-ring (bicyclic) bond motifs is 4. The molecule has 3 amide bonds. The molecule has 0 radical (unpaired) electrons. The molecule has 0 saturated carbocycles. The van der Waals surface area contributed by atoms with Gasteiger partial charge in [-0.3, -0.25) is 14.4 Å². The normalized spacial score (nSPS) is 36.2. The van der Waals surface area contributed by atoms with Gasteiger partial charge in [0, 0.05) is 18.7 Å². The number of piperazine rings is 1. The third-order valence-corrected chi connectivity index (χ3v) is 6.94. The number of nitrogens with zero attached hydrogens (tertiary/aromatic N) is 2. The van der Waals surface area contributed by atoms with Crippen molar-refractivity contribution in [2.75, 3.05) is 11.9 Å². The first-order chi connectivity index (χ1) is 13.3. The summed E-state index contributed by atoms with van der Waals surface area (Å²) in [5.41, 5.74) is -1.60. The van der Waals surface area contributed by atoms with E-state index in [-0.39, 0.29) is 24.2 Å². The van der Waals surface area contributed by atoms with Crippen LogP contribution < -0.4 is 5.32 Å². The Labute approximate surface area is 163 Å². The molecule has 3 saturated heterocycles. The molecule has 0 unspecified atom stereocenters. The lowest BCUT2D eigenvalue weighted by molar-refractivity contribution is -0.194. The summed E-state index contributed by atoms with van der Waals surface area (Å²) in [5, 5.41) is 14.5. The molecule has 0 bridgehead atoms. The summed E-state index contributed by atoms with van der Waals surface area (Å²) in [6.45, 7) is 4.54. The lowest BCUT2D eigenvalue weighted by atomic mass is 9.71. The summed E-state index contributed by atoms with van der Waals surface area (Å²) in [5.74, 6) is -0.700. The number of aliphatic hydroxyl groups is 1. The van der Waals surface area contributed by atoms with Crippen LogP contribution in [-0.4, -0.2) is 57.0 Å². The van der Waals surface area contributed by atoms with Crippen LogP contribution in [0.25, 0.3) is 0 Å². The monoisotopic (exact) mass is 383 g/mol. The number of carbonyl (C=O) groups is 3. The number of nitrogens with one attached hydrogen (secondary N) is 1. The first-order valence-electron chi connectivity index (χ1n) is 10.1. The van der Waals surface area contributed by atoms with Crippen molar-refractivity contribution < 1.29 is 19.5 Å². The van der Waals surface area contributed by atoms with Crippen molar-refractivity contribution in [1.82, 2.24) is 9.80 Å². The molecule has 2 N–H and O–H groups in total. The van der Waals surface area contributed by atoms with Crippen molar-refractivity contribution in [2.24, 2.45) is 5.92 Å². The number of rotatable bonds is 2. The second-order valence-electron chi connectivity index (χ2n) is 8.97. The van der Waals surface area contributed by atoms with E-state index in [1.807, 2.05) is 38.1 Å². The van der Waals surface area contributed by atoms with Gasteiger partial charge in [-0.1, -0.05) is 32.0 Å². The van der Waals surface area contributed by atoms with Crippen molar-refractivity contribution >= 4 is 23.4 Å². The van der Waals surface area contributed by atoms with Crippen LogP contribution in [0.3, 0.4) is 0 Å². The maximum absolute atomic E-state index is 13.4. The average molecular weight is 383 g/mol. The fraction of sp³-hybridized carbons (Fsp3) is 0.571. The van der Waals surface area contributed by atoms with Gasteiger partial charge in [0.1, 0.15) is 11.5 Å². The Balaban J connectivity index is 1.72. The van der Waals surface area contributed by atoms with E-state index in [0.29, 0.717) is 25.1 Å². The van der Waals surface area contributed by atoms with Crippen molar-refractivity contribution in [1.29, 1.82) is 0 Å². The van der Waals surface area contributed by atoms with Crippen molar-refractivity contribution in [2.45, 2.75) is 62.8 Å². The van der Waals surface area contributed by atoms with Crippen LogP contribution in [0, 0.1) is 5.92 Å². The zero-order valence-corrected chi connectivity index (χ0v) is 16.1. The first kappa shape index (κ1) is 17.7. The van der Waals surface area contributed by atoms with Gasteiger partial charge in [-0.05, 0) is 36.8 Å². The Morgan fingerprint density at radius 3 is 2.75 bits per heavy atom. The Bertz CT molecular complexity index is 899. The Hall–Kier alpha value is -2.41. The van der Waals surface area contributed by atoms with Gasteiger partial charge < -0.3 is 20.2 Å². The van der Waals surface area contributed by atoms with Crippen LogP contribution in [0.4, 0.5) is 5.69 Å². The minimum absolute atomic E-state index is 0.0893. The van der Waals surface area contributed by atoms with Crippen molar-refractivity contribution in [3.8, 4) is 0 Å². The van der Waals surface area contributed by atoms with Gasteiger partial charge in [-0.25, -0.2) is 0 Å². The maximum Gasteiger partial charge on any atom is 0.276 e. The summed E-state index contributed by atoms with van der Waals surface area (Å²) in [6.07, 6.45) is 1.82. The molecule has 1 aromatic rings. The van der Waals surface area contributed by atoms with Crippen LogP contribution in [0.5, 0.6) is 0 Å². The predicted octanol–water partition coefficient (Wildman–Crippen LogP) is 1.22. The Morgan fingerprint density at radius 2 is 2.00 bits per heavy atom. The molecule has 0 aliphatic carbocycles. The molecule has 3 fully saturated rings. The van der Waals surface area contributed by atoms with E-state index in [1.165, 1.54) is 9.80 Å². The SMILES string of the molecule is CC(C)C[C@@H]1N2C(=O)[C@@H]3CCCN3C(=O)[C@@]2(O)C[C@@]12C(=O)Nc1ccccc12. The van der Waals surface area contributed by atoms with Crippen LogP contribution in [-0.2, 0) is 19.8 Å². The molecule has 1 aromatic carbocycles. The van der Waals surface area contributed by atoms with Crippen LogP contribution in [0.1, 0.15) is 45.1 Å². The lowest BCUT2D eigenvalue weighted by Crippen LogP contribution is -2.69. The minimum atomic E-state index is -1.97. The molecular weight excluding hydrogens is 358 g/mol. The molecule has 4 heterocycles. The number of para-hydroxylation sites is 1. The van der Waals surface area contributed by atoms with Gasteiger partial charge in [-0.2, -0.15) is 0 Å². The van der Waals surface area contributed by atoms with Gasteiger partial charge in [0.15, 0.2) is 0 Å². The summed E-state index contributed by atoms with van der Waals surface area (Å²) in [6, 6.07) is 6.34. The zero-order valence-electron chi connectivity index (χ0n) is 16.1. The molecule has 1 spiro atoms. The number of anilines is 1. The molecule has 4 aliphatic rings. The third-order valence-electron chi connectivity index (χ3n) is 6.94. The van der Waals surface area contributed by atoms with Gasteiger partial charge in [0.2, 0.25) is 17.5 Å². The number of amides is 3. The lowest BCUT2D eigenvalue weighted by Gasteiger charge is -2.46. The Kier molecular flexibility index (Phi) is 3.51. The summed E-state index contributed by atoms with van der Waals surface area (Å²) < 4.78 is 0. The standard InChI is InChI=1S/C21H25N3O4/c1-12(2)10-16-20(13-6-3-4-7-14(13)22-18(20)26)11-21(28)19(27)23-9-5-8-15(23)17(25)24(16)21/h3-4,6-7,12,15-16,28H,5,8-11H2,1-2H3,(H,22,26)/t15-,16-,20-,21-/m0/s1. The van der Waals surface area contributed by atoms with E-state index in [1.54, 1.807) is 0 Å². The second-order valence-corrected chi connectivity index (χ2v) is 8.97. The topological polar surface area (TPSA) is 90.0 Å². The van der Waals surface area contributed by atoms with Gasteiger partial charge >= 0.3 is 0 Å². The van der Waals surface area contributed by atoms with Crippen LogP contribution in [0.15, 0.2) is 24.3 Å². The smallest absolute Gasteiger partial charge is 0.276 e. The fourth-order valence-corrected chi connectivity index (χ4v) is 5.84. The molecular formula is C21H25N3O4. The Morgan fingerprint density at radius 1 is 1.25 bits per heavy atom. The highest BCUT2D eigenvalue weighted by Gasteiger charge is 2.72. The third kappa shape index (κ3) is 1.95. The zero-order chi connectivity index (χ0) is 19.8. The second kappa shape index (κ2) is 5.56. The molecule has 4 atom stereocenters. The summed E-state index contributed by atoms with van der Waals surface area (Å²) in [7, 11) is 0. The number of carbonyl (C=O) groups excluding carboxylic acids is 3. The summed E-state index contributed by atoms with van der Waals surface area (Å²) in [4.78, 5) is 42.9. The molecule has 7 heteroatoms. The molecule has 7 nitrogen and oxygen atoms in total. The quantitative estimate of drug-likeness (QED) is 0.804. The molecule has 28 heavy (non-hydrogen) atoms. The fourth-order valence-electron chi connectivity index (χ4n) is 5.84. The van der Waals surface area contributed by atoms with E-state index in [0.717, 1.165) is 12.0 Å². The van der Waals surface area contributed by atoms with Crippen molar-refractivity contribution in [3.05, 3.63) is 29.8 Å². The largest absolute Gasteiger partial charge is 0.363 e. The highest BCUT2D eigenvalue weighted by atomic mass is 16.3. The molecule has 5 rings (SSSR count). The van der Waals surface area contributed by atoms with Crippen LogP contribution >= 0.6 is 0 Å². The summed E-state index contributed by atoms with van der Waals surface area (Å²) >= 11 is 0. The number of hydrogen-bond acceptors (Lipinski definition) is 4. The predicted molar refractivity (Wildman–Crippen MR) is 101 cm³/mol. The van der Waals surface area contributed by atoms with Gasteiger partial charge in [-0.15, -0.1) is 0 Å².